The normalized spacial score (nSPS) is 15.0. The zero-order chi connectivity index (χ0) is 17.7. The first-order valence-corrected chi connectivity index (χ1v) is 8.35. The molecule has 3 rings (SSSR count). The lowest BCUT2D eigenvalue weighted by molar-refractivity contribution is -0.0885. The van der Waals surface area contributed by atoms with Crippen LogP contribution in [-0.2, 0) is 0 Å². The summed E-state index contributed by atoms with van der Waals surface area (Å²) in [6.07, 6.45) is -1.26. The number of Topliss-reactive ketones (excluding diaryl/α,β-unsaturated/α-hetero) is 1. The molecule has 2 aromatic rings. The fourth-order valence-electron chi connectivity index (χ4n) is 2.89. The van der Waals surface area contributed by atoms with Crippen molar-refractivity contribution in [3.05, 3.63) is 42.0 Å². The average molecular weight is 337 g/mol. The number of alkyl halides is 3. The van der Waals surface area contributed by atoms with Gasteiger partial charge in [0, 0.05) is 24.3 Å². The summed E-state index contributed by atoms with van der Waals surface area (Å²) in [5.41, 5.74) is 0.771. The van der Waals surface area contributed by atoms with Crippen LogP contribution in [0.3, 0.4) is 0 Å². The van der Waals surface area contributed by atoms with E-state index in [4.69, 9.17) is 0 Å². The lowest BCUT2D eigenvalue weighted by Crippen LogP contribution is -2.29. The van der Waals surface area contributed by atoms with Crippen LogP contribution in [0.4, 0.5) is 18.9 Å². The van der Waals surface area contributed by atoms with Gasteiger partial charge in [0.05, 0.1) is 0 Å². The number of hydrogen-bond acceptors (Lipinski definition) is 2. The van der Waals surface area contributed by atoms with E-state index >= 15 is 0 Å². The van der Waals surface area contributed by atoms with Gasteiger partial charge in [-0.3, -0.25) is 4.79 Å². The van der Waals surface area contributed by atoms with Crippen molar-refractivity contribution in [1.29, 1.82) is 0 Å². The fraction of sp³-hybridized carbons (Fsp3) is 0.421. The van der Waals surface area contributed by atoms with E-state index in [9.17, 15) is 18.0 Å². The summed E-state index contributed by atoms with van der Waals surface area (Å²) in [6.45, 7) is 6.02. The molecule has 0 aromatic heterocycles. The van der Waals surface area contributed by atoms with Crippen LogP contribution in [0.5, 0.6) is 0 Å². The molecular formula is C19H22F3NO. The zero-order valence-corrected chi connectivity index (χ0v) is 14.0. The molecule has 1 heterocycles. The highest BCUT2D eigenvalue weighted by Crippen LogP contribution is 2.28. The molecule has 1 fully saturated rings. The van der Waals surface area contributed by atoms with Gasteiger partial charge in [0.1, 0.15) is 0 Å². The maximum Gasteiger partial charge on any atom is 0.454 e. The number of nitrogens with zero attached hydrogens (tertiary/aromatic N) is 1. The molecule has 5 heteroatoms. The summed E-state index contributed by atoms with van der Waals surface area (Å²) < 4.78 is 37.5. The van der Waals surface area contributed by atoms with Gasteiger partial charge in [0.25, 0.3) is 5.78 Å². The standard InChI is InChI=1S/C17H16F3NO.C2H6/c18-17(19,20)16(22)14-5-4-13-11-15(7-6-12(13)10-14)21-8-2-1-3-9-21;1-2/h4-7,10-11H,1-3,8-9H2;1-2H3. The molecule has 1 aliphatic rings. The summed E-state index contributed by atoms with van der Waals surface area (Å²) in [4.78, 5) is 13.6. The van der Waals surface area contributed by atoms with Gasteiger partial charge < -0.3 is 4.90 Å². The minimum atomic E-state index is -4.83. The number of fused-ring (bicyclic) bond motifs is 1. The van der Waals surface area contributed by atoms with E-state index in [0.717, 1.165) is 37.0 Å². The largest absolute Gasteiger partial charge is 0.454 e. The van der Waals surface area contributed by atoms with Crippen LogP contribution in [0.15, 0.2) is 36.4 Å². The van der Waals surface area contributed by atoms with E-state index < -0.39 is 12.0 Å². The summed E-state index contributed by atoms with van der Waals surface area (Å²) in [5, 5.41) is 1.50. The van der Waals surface area contributed by atoms with E-state index in [2.05, 4.69) is 4.90 Å². The van der Waals surface area contributed by atoms with Crippen molar-refractivity contribution >= 4 is 22.2 Å². The maximum absolute atomic E-state index is 12.5. The molecule has 0 aliphatic carbocycles. The number of piperidine rings is 1. The average Bonchev–Trinajstić information content (AvgIpc) is 2.62. The highest BCUT2D eigenvalue weighted by Gasteiger charge is 2.39. The van der Waals surface area contributed by atoms with Gasteiger partial charge in [-0.1, -0.05) is 32.0 Å². The number of rotatable bonds is 2. The number of hydrogen-bond donors (Lipinski definition) is 0. The third-order valence-corrected chi connectivity index (χ3v) is 4.06. The summed E-state index contributed by atoms with van der Waals surface area (Å²) in [7, 11) is 0. The molecule has 0 radical (unpaired) electrons. The Kier molecular flexibility index (Phi) is 5.86. The van der Waals surface area contributed by atoms with Crippen LogP contribution in [0.2, 0.25) is 0 Å². The van der Waals surface area contributed by atoms with E-state index in [1.807, 2.05) is 26.0 Å². The smallest absolute Gasteiger partial charge is 0.372 e. The molecule has 0 atom stereocenters. The third kappa shape index (κ3) is 4.08. The molecule has 2 aromatic carbocycles. The molecule has 0 saturated carbocycles. The molecule has 0 spiro atoms. The van der Waals surface area contributed by atoms with Crippen molar-refractivity contribution in [2.24, 2.45) is 0 Å². The Morgan fingerprint density at radius 2 is 1.50 bits per heavy atom. The third-order valence-electron chi connectivity index (χ3n) is 4.06. The van der Waals surface area contributed by atoms with Crippen molar-refractivity contribution in [3.63, 3.8) is 0 Å². The fourth-order valence-corrected chi connectivity index (χ4v) is 2.89. The number of halogens is 3. The first-order valence-electron chi connectivity index (χ1n) is 8.35. The van der Waals surface area contributed by atoms with E-state index in [1.165, 1.54) is 18.6 Å². The second kappa shape index (κ2) is 7.69. The monoisotopic (exact) mass is 337 g/mol. The highest BCUT2D eigenvalue weighted by molar-refractivity contribution is 6.03. The molecule has 0 N–H and O–H groups in total. The van der Waals surface area contributed by atoms with Crippen LogP contribution >= 0.6 is 0 Å². The first-order chi connectivity index (χ1) is 11.4. The van der Waals surface area contributed by atoms with Crippen molar-refractivity contribution in [2.75, 3.05) is 18.0 Å². The first kappa shape index (κ1) is 18.3. The maximum atomic E-state index is 12.5. The van der Waals surface area contributed by atoms with Gasteiger partial charge in [-0.15, -0.1) is 0 Å². The Balaban J connectivity index is 0.00000100. The molecule has 1 aliphatic heterocycles. The van der Waals surface area contributed by atoms with Gasteiger partial charge in [-0.25, -0.2) is 0 Å². The Labute approximate surface area is 140 Å². The van der Waals surface area contributed by atoms with Gasteiger partial charge in [-0.05, 0) is 48.2 Å². The van der Waals surface area contributed by atoms with Gasteiger partial charge >= 0.3 is 6.18 Å². The number of carbonyl (C=O) groups excluding carboxylic acids is 1. The van der Waals surface area contributed by atoms with Gasteiger partial charge in [-0.2, -0.15) is 13.2 Å². The van der Waals surface area contributed by atoms with Crippen molar-refractivity contribution in [2.45, 2.75) is 39.3 Å². The minimum absolute atomic E-state index is 0.314. The van der Waals surface area contributed by atoms with E-state index in [-0.39, 0.29) is 5.56 Å². The molecule has 0 bridgehead atoms. The Bertz CT molecular complexity index is 703. The summed E-state index contributed by atoms with van der Waals surface area (Å²) >= 11 is 0. The Morgan fingerprint density at radius 3 is 2.12 bits per heavy atom. The van der Waals surface area contributed by atoms with Gasteiger partial charge in [0.15, 0.2) is 0 Å². The second-order valence-corrected chi connectivity index (χ2v) is 5.62. The lowest BCUT2D eigenvalue weighted by Gasteiger charge is -2.29. The van der Waals surface area contributed by atoms with Crippen molar-refractivity contribution < 1.29 is 18.0 Å². The van der Waals surface area contributed by atoms with Crippen LogP contribution in [0.25, 0.3) is 10.8 Å². The molecular weight excluding hydrogens is 315 g/mol. The zero-order valence-electron chi connectivity index (χ0n) is 14.0. The SMILES string of the molecule is CC.O=C(c1ccc2cc(N3CCCCC3)ccc2c1)C(F)(F)F. The lowest BCUT2D eigenvalue weighted by atomic mass is 10.0. The molecule has 2 nitrogen and oxygen atoms in total. The predicted octanol–water partition coefficient (Wildman–Crippen LogP) is 5.60. The van der Waals surface area contributed by atoms with E-state index in [0.29, 0.717) is 5.39 Å². The number of carbonyl (C=O) groups is 1. The topological polar surface area (TPSA) is 20.3 Å². The Hall–Kier alpha value is -2.04. The number of benzene rings is 2. The van der Waals surface area contributed by atoms with Crippen LogP contribution < -0.4 is 4.90 Å². The number of ketones is 1. The molecule has 130 valence electrons. The van der Waals surface area contributed by atoms with Crippen molar-refractivity contribution in [3.8, 4) is 0 Å². The predicted molar refractivity (Wildman–Crippen MR) is 91.7 cm³/mol. The molecule has 1 saturated heterocycles. The van der Waals surface area contributed by atoms with Crippen LogP contribution in [0, 0.1) is 0 Å². The minimum Gasteiger partial charge on any atom is -0.372 e. The summed E-state index contributed by atoms with van der Waals surface area (Å²) in [5.74, 6) is -1.80. The van der Waals surface area contributed by atoms with Gasteiger partial charge in [0.2, 0.25) is 0 Å². The molecule has 0 unspecified atom stereocenters. The van der Waals surface area contributed by atoms with Crippen LogP contribution in [0.1, 0.15) is 43.5 Å². The van der Waals surface area contributed by atoms with Crippen molar-refractivity contribution in [1.82, 2.24) is 0 Å². The van der Waals surface area contributed by atoms with Crippen LogP contribution in [-0.4, -0.2) is 25.0 Å². The molecule has 0 amide bonds. The number of anilines is 1. The Morgan fingerprint density at radius 1 is 0.917 bits per heavy atom. The second-order valence-electron chi connectivity index (χ2n) is 5.62. The quantitative estimate of drug-likeness (QED) is 0.665. The summed E-state index contributed by atoms with van der Waals surface area (Å²) in [6, 6.07) is 9.81. The molecule has 24 heavy (non-hydrogen) atoms. The van der Waals surface area contributed by atoms with E-state index in [1.54, 1.807) is 12.1 Å². The highest BCUT2D eigenvalue weighted by atomic mass is 19.4.